The highest BCUT2D eigenvalue weighted by atomic mass is 16.2. The minimum absolute atomic E-state index is 0.188. The zero-order valence-corrected chi connectivity index (χ0v) is 25.1. The van der Waals surface area contributed by atoms with Crippen molar-refractivity contribution in [3.63, 3.8) is 0 Å². The molecule has 218 valence electrons. The van der Waals surface area contributed by atoms with E-state index in [9.17, 15) is 14.4 Å². The molecule has 2 heterocycles. The van der Waals surface area contributed by atoms with E-state index < -0.39 is 0 Å². The van der Waals surface area contributed by atoms with E-state index in [1.807, 2.05) is 58.3 Å². The molecular weight excluding hydrogens is 516 g/mol. The lowest BCUT2D eigenvalue weighted by atomic mass is 9.91. The molecular formula is C32H42N6O3. The highest BCUT2D eigenvalue weighted by Gasteiger charge is 2.14. The number of hydrogen-bond acceptors (Lipinski definition) is 7. The van der Waals surface area contributed by atoms with Crippen LogP contribution >= 0.6 is 0 Å². The molecule has 0 bridgehead atoms. The fraction of sp³-hybridized carbons (Fsp3) is 0.344. The van der Waals surface area contributed by atoms with Gasteiger partial charge in [-0.15, -0.1) is 0 Å². The number of hydrogen-bond donors (Lipinski definition) is 4. The Hall–Kier alpha value is -4.21. The van der Waals surface area contributed by atoms with Crippen LogP contribution in [0.25, 0.3) is 11.6 Å². The normalized spacial score (nSPS) is 11.0. The Morgan fingerprint density at radius 2 is 1.66 bits per heavy atom. The average Bonchev–Trinajstić information content (AvgIpc) is 2.93. The summed E-state index contributed by atoms with van der Waals surface area (Å²) in [4.78, 5) is 45.0. The van der Waals surface area contributed by atoms with Crippen molar-refractivity contribution in [2.24, 2.45) is 5.92 Å². The summed E-state index contributed by atoms with van der Waals surface area (Å²) in [5, 5.41) is 11.4. The molecule has 0 aliphatic carbocycles. The fourth-order valence-electron chi connectivity index (χ4n) is 3.91. The second-order valence-electron chi connectivity index (χ2n) is 9.86. The predicted octanol–water partition coefficient (Wildman–Crippen LogP) is 4.67. The summed E-state index contributed by atoms with van der Waals surface area (Å²) in [7, 11) is 3.75. The number of amides is 2. The largest absolute Gasteiger partial charge is 0.324 e. The van der Waals surface area contributed by atoms with Gasteiger partial charge < -0.3 is 26.1 Å². The van der Waals surface area contributed by atoms with Crippen LogP contribution in [0.3, 0.4) is 0 Å². The lowest BCUT2D eigenvalue weighted by Crippen LogP contribution is -2.27. The second kappa shape index (κ2) is 16.8. The number of aromatic nitrogens is 2. The van der Waals surface area contributed by atoms with Crippen LogP contribution in [0.4, 0.5) is 11.4 Å². The summed E-state index contributed by atoms with van der Waals surface area (Å²) in [6.45, 7) is 10.7. The molecule has 3 aromatic rings. The molecule has 0 unspecified atom stereocenters. The lowest BCUT2D eigenvalue weighted by molar-refractivity contribution is -0.115. The van der Waals surface area contributed by atoms with Gasteiger partial charge in [0.2, 0.25) is 5.91 Å². The summed E-state index contributed by atoms with van der Waals surface area (Å²) in [6.07, 6.45) is 6.43. The van der Waals surface area contributed by atoms with Crippen molar-refractivity contribution < 1.29 is 14.4 Å². The molecule has 0 saturated carbocycles. The maximum atomic E-state index is 13.2. The molecule has 4 N–H and O–H groups in total. The number of aryl methyl sites for hydroxylation is 2. The second-order valence-corrected chi connectivity index (χ2v) is 9.86. The molecule has 3 rings (SSSR count). The van der Waals surface area contributed by atoms with Crippen LogP contribution < -0.4 is 21.3 Å². The number of likely N-dealkylation sites (N-methyl/N-ethyl adjacent to an activating group) is 1. The molecule has 9 nitrogen and oxygen atoms in total. The monoisotopic (exact) mass is 558 g/mol. The average molecular weight is 559 g/mol. The zero-order chi connectivity index (χ0) is 30.4. The lowest BCUT2D eigenvalue weighted by Gasteiger charge is -2.15. The quantitative estimate of drug-likeness (QED) is 0.252. The summed E-state index contributed by atoms with van der Waals surface area (Å²) >= 11 is 0. The van der Waals surface area contributed by atoms with Crippen molar-refractivity contribution >= 4 is 41.1 Å². The Morgan fingerprint density at radius 3 is 2.32 bits per heavy atom. The summed E-state index contributed by atoms with van der Waals surface area (Å²) in [6, 6.07) is 11.5. The first kappa shape index (κ1) is 33.0. The summed E-state index contributed by atoms with van der Waals surface area (Å²) in [5.41, 5.74) is 6.73. The molecule has 1 aromatic carbocycles. The number of aldehydes is 1. The topological polar surface area (TPSA) is 125 Å². The number of rotatable bonds is 11. The molecule has 0 fully saturated rings. The third-order valence-electron chi connectivity index (χ3n) is 6.06. The van der Waals surface area contributed by atoms with Gasteiger partial charge in [0.15, 0.2) is 0 Å². The van der Waals surface area contributed by atoms with Crippen molar-refractivity contribution in [1.82, 2.24) is 20.6 Å². The van der Waals surface area contributed by atoms with Gasteiger partial charge >= 0.3 is 0 Å². The molecule has 2 amide bonds. The van der Waals surface area contributed by atoms with Gasteiger partial charge in [-0.2, -0.15) is 0 Å². The van der Waals surface area contributed by atoms with Crippen LogP contribution in [0.15, 0.2) is 48.8 Å². The van der Waals surface area contributed by atoms with E-state index in [1.54, 1.807) is 25.4 Å². The van der Waals surface area contributed by atoms with Crippen molar-refractivity contribution in [3.05, 3.63) is 82.4 Å². The van der Waals surface area contributed by atoms with E-state index in [0.29, 0.717) is 35.6 Å². The number of carbonyl (C=O) groups is 3. The van der Waals surface area contributed by atoms with Gasteiger partial charge in [0.25, 0.3) is 5.91 Å². The summed E-state index contributed by atoms with van der Waals surface area (Å²) < 4.78 is 0. The van der Waals surface area contributed by atoms with Crippen LogP contribution in [0.2, 0.25) is 0 Å². The molecule has 2 aromatic heterocycles. The van der Waals surface area contributed by atoms with Crippen molar-refractivity contribution in [3.8, 4) is 0 Å². The highest BCUT2D eigenvalue weighted by molar-refractivity contribution is 6.05. The number of allylic oxidation sites excluding steroid dienone is 1. The Kier molecular flexibility index (Phi) is 13.5. The molecule has 0 atom stereocenters. The maximum absolute atomic E-state index is 13.2. The minimum Gasteiger partial charge on any atom is -0.324 e. The molecule has 0 saturated heterocycles. The van der Waals surface area contributed by atoms with Crippen molar-refractivity contribution in [2.45, 2.75) is 41.0 Å². The van der Waals surface area contributed by atoms with Gasteiger partial charge in [-0.05, 0) is 80.9 Å². The van der Waals surface area contributed by atoms with Crippen LogP contribution in [0.5, 0.6) is 0 Å². The Labute approximate surface area is 243 Å². The third kappa shape index (κ3) is 10.4. The first-order chi connectivity index (χ1) is 19.6. The van der Waals surface area contributed by atoms with Gasteiger partial charge in [0.1, 0.15) is 6.29 Å². The number of anilines is 2. The number of benzene rings is 1. The van der Waals surface area contributed by atoms with Crippen molar-refractivity contribution in [2.75, 3.05) is 37.8 Å². The Morgan fingerprint density at radius 1 is 0.951 bits per heavy atom. The van der Waals surface area contributed by atoms with E-state index in [2.05, 4.69) is 51.2 Å². The molecule has 0 radical (unpaired) electrons. The molecule has 0 aliphatic heterocycles. The Balaban J connectivity index is 0.00000187. The van der Waals surface area contributed by atoms with Crippen molar-refractivity contribution in [1.29, 1.82) is 0 Å². The fourth-order valence-corrected chi connectivity index (χ4v) is 3.91. The number of nitrogens with zero attached hydrogens (tertiary/aromatic N) is 2. The first-order valence-corrected chi connectivity index (χ1v) is 13.7. The molecule has 9 heteroatoms. The molecule has 0 spiro atoms. The summed E-state index contributed by atoms with van der Waals surface area (Å²) in [5.74, 6) is -0.309. The predicted molar refractivity (Wildman–Crippen MR) is 167 cm³/mol. The number of nitrogens with one attached hydrogen (secondary N) is 4. The van der Waals surface area contributed by atoms with Gasteiger partial charge in [-0.1, -0.05) is 45.0 Å². The highest BCUT2D eigenvalue weighted by Crippen LogP contribution is 2.28. The van der Waals surface area contributed by atoms with E-state index in [1.165, 1.54) is 0 Å². The van der Waals surface area contributed by atoms with Crippen LogP contribution in [-0.4, -0.2) is 55.3 Å². The number of pyridine rings is 2. The van der Waals surface area contributed by atoms with E-state index >= 15 is 0 Å². The van der Waals surface area contributed by atoms with E-state index in [0.717, 1.165) is 34.2 Å². The SMILES string of the molecule is CCNCC(=O)Nc1cnc(C)c(NC(=O)c2cnc(C)c(/C=C(/c3cccc(CC=O)c3)C(C)C)c2)c1.CNC. The van der Waals surface area contributed by atoms with Crippen LogP contribution in [0.1, 0.15) is 59.2 Å². The van der Waals surface area contributed by atoms with Gasteiger partial charge in [-0.3, -0.25) is 19.6 Å². The van der Waals surface area contributed by atoms with Crippen LogP contribution in [0, 0.1) is 19.8 Å². The van der Waals surface area contributed by atoms with Gasteiger partial charge in [0.05, 0.1) is 35.4 Å². The van der Waals surface area contributed by atoms with E-state index in [-0.39, 0.29) is 24.3 Å². The minimum atomic E-state index is -0.327. The Bertz CT molecular complexity index is 1370. The van der Waals surface area contributed by atoms with Crippen LogP contribution in [-0.2, 0) is 16.0 Å². The maximum Gasteiger partial charge on any atom is 0.257 e. The van der Waals surface area contributed by atoms with E-state index in [4.69, 9.17) is 0 Å². The molecule has 41 heavy (non-hydrogen) atoms. The number of carbonyl (C=O) groups excluding carboxylic acids is 3. The standard InChI is InChI=1S/C30H35N5O3.C2H7N/c1-6-31-18-29(37)34-26-15-28(21(5)33-17-26)35-30(38)25-13-24(20(4)32-16-25)14-27(19(2)3)23-9-7-8-22(12-23)10-11-36;1-3-2/h7-9,11-17,19,31H,6,10,18H2,1-5H3,(H,34,37)(H,35,38);3H,1-2H3/b27-14+;. The third-order valence-corrected chi connectivity index (χ3v) is 6.06. The molecule has 0 aliphatic rings. The first-order valence-electron chi connectivity index (χ1n) is 13.7. The smallest absolute Gasteiger partial charge is 0.257 e. The van der Waals surface area contributed by atoms with Gasteiger partial charge in [0, 0.05) is 18.3 Å². The zero-order valence-electron chi connectivity index (χ0n) is 25.1. The van der Waals surface area contributed by atoms with Gasteiger partial charge in [-0.25, -0.2) is 0 Å².